The molecule has 0 amide bonds. The Labute approximate surface area is 250 Å². The first-order valence-electron chi connectivity index (χ1n) is 15.2. The molecule has 1 saturated carbocycles. The highest BCUT2D eigenvalue weighted by molar-refractivity contribution is 5.66. The Bertz CT molecular complexity index is 1420. The molecule has 1 fully saturated rings. The Kier molecular flexibility index (Phi) is 9.90. The molecule has 1 atom stereocenters. The zero-order valence-corrected chi connectivity index (χ0v) is 24.7. The van der Waals surface area contributed by atoms with E-state index in [1.165, 1.54) is 18.9 Å². The number of ether oxygens (including phenoxy) is 2. The number of rotatable bonds is 12. The van der Waals surface area contributed by atoms with Crippen LogP contribution in [0.15, 0.2) is 66.9 Å². The van der Waals surface area contributed by atoms with E-state index in [4.69, 9.17) is 14.5 Å². The number of allylic oxidation sites excluding steroid dienone is 2. The molecule has 1 unspecified atom stereocenters. The smallest absolute Gasteiger partial charge is 0.419 e. The Morgan fingerprint density at radius 1 is 1.00 bits per heavy atom. The Morgan fingerprint density at radius 3 is 2.37 bits per heavy atom. The molecule has 0 bridgehead atoms. The fraction of sp³-hybridized carbons (Fsp3) is 0.441. The molecule has 230 valence electrons. The molecule has 0 N–H and O–H groups in total. The van der Waals surface area contributed by atoms with E-state index in [1.54, 1.807) is 0 Å². The topological polar surface area (TPSA) is 39.5 Å². The van der Waals surface area contributed by atoms with E-state index in [1.807, 2.05) is 42.5 Å². The van der Waals surface area contributed by atoms with Gasteiger partial charge in [0.15, 0.2) is 0 Å². The second-order valence-corrected chi connectivity index (χ2v) is 11.1. The molecule has 3 aromatic rings. The van der Waals surface area contributed by atoms with Crippen LogP contribution in [0.3, 0.4) is 0 Å². The molecule has 2 aliphatic rings. The summed E-state index contributed by atoms with van der Waals surface area (Å²) in [7, 11) is 0. The molecule has 9 heteroatoms. The van der Waals surface area contributed by atoms with Crippen LogP contribution < -0.4 is 9.47 Å². The van der Waals surface area contributed by atoms with Crippen molar-refractivity contribution >= 4 is 5.70 Å². The van der Waals surface area contributed by atoms with Crippen molar-refractivity contribution in [1.82, 2.24) is 14.5 Å². The maximum absolute atomic E-state index is 13.7. The molecule has 0 radical (unpaired) electrons. The highest BCUT2D eigenvalue weighted by atomic mass is 19.4. The summed E-state index contributed by atoms with van der Waals surface area (Å²) < 4.78 is 66.9. The zero-order chi connectivity index (χ0) is 30.4. The molecule has 0 aliphatic heterocycles. The first-order valence-corrected chi connectivity index (χ1v) is 15.2. The van der Waals surface area contributed by atoms with E-state index in [2.05, 4.69) is 29.5 Å². The fourth-order valence-corrected chi connectivity index (χ4v) is 5.78. The van der Waals surface area contributed by atoms with Gasteiger partial charge in [-0.2, -0.15) is 13.2 Å². The third-order valence-electron chi connectivity index (χ3n) is 8.24. The number of hydrogen-bond donors (Lipinski definition) is 0. The molecule has 5 rings (SSSR count). The number of nitrogens with zero attached hydrogens (tertiary/aromatic N) is 3. The van der Waals surface area contributed by atoms with Crippen LogP contribution in [0.5, 0.6) is 11.5 Å². The number of benzene rings is 2. The van der Waals surface area contributed by atoms with Crippen molar-refractivity contribution in [3.8, 4) is 22.8 Å². The minimum Gasteiger partial charge on any atom is -0.494 e. The monoisotopic (exact) mass is 597 g/mol. The van der Waals surface area contributed by atoms with Crippen molar-refractivity contribution in [3.63, 3.8) is 0 Å². The molecular formula is C34H39F4N3O2. The summed E-state index contributed by atoms with van der Waals surface area (Å²) in [5.41, 5.74) is 1.51. The predicted octanol–water partition coefficient (Wildman–Crippen LogP) is 8.72. The summed E-state index contributed by atoms with van der Waals surface area (Å²) >= 11 is 0. The molecule has 5 nitrogen and oxygen atoms in total. The number of halogens is 4. The van der Waals surface area contributed by atoms with Crippen LogP contribution >= 0.6 is 0 Å². The average molecular weight is 598 g/mol. The van der Waals surface area contributed by atoms with Gasteiger partial charge in [-0.25, -0.2) is 9.37 Å². The Hall–Kier alpha value is -3.59. The van der Waals surface area contributed by atoms with Crippen molar-refractivity contribution < 1.29 is 27.0 Å². The van der Waals surface area contributed by atoms with Gasteiger partial charge >= 0.3 is 6.18 Å². The largest absolute Gasteiger partial charge is 0.494 e. The lowest BCUT2D eigenvalue weighted by Gasteiger charge is -2.21. The predicted molar refractivity (Wildman–Crippen MR) is 161 cm³/mol. The van der Waals surface area contributed by atoms with Crippen molar-refractivity contribution in [2.45, 2.75) is 70.6 Å². The summed E-state index contributed by atoms with van der Waals surface area (Å²) in [5, 5.41) is 0. The minimum absolute atomic E-state index is 0.0203. The normalized spacial score (nSPS) is 17.5. The van der Waals surface area contributed by atoms with E-state index in [-0.39, 0.29) is 5.75 Å². The second-order valence-electron chi connectivity index (χ2n) is 11.1. The van der Waals surface area contributed by atoms with Gasteiger partial charge in [0, 0.05) is 36.3 Å². The van der Waals surface area contributed by atoms with Crippen LogP contribution in [-0.2, 0) is 6.18 Å². The zero-order valence-electron chi connectivity index (χ0n) is 24.7. The molecule has 2 aliphatic carbocycles. The summed E-state index contributed by atoms with van der Waals surface area (Å²) in [6, 6.07) is 10.8. The lowest BCUT2D eigenvalue weighted by atomic mass is 10.1. The molecule has 43 heavy (non-hydrogen) atoms. The maximum atomic E-state index is 13.7. The quantitative estimate of drug-likeness (QED) is 0.155. The van der Waals surface area contributed by atoms with E-state index >= 15 is 0 Å². The first-order chi connectivity index (χ1) is 20.7. The third kappa shape index (κ3) is 7.68. The van der Waals surface area contributed by atoms with Gasteiger partial charge in [-0.1, -0.05) is 32.8 Å². The van der Waals surface area contributed by atoms with E-state index in [0.29, 0.717) is 25.0 Å². The van der Waals surface area contributed by atoms with Crippen LogP contribution in [0.25, 0.3) is 17.0 Å². The van der Waals surface area contributed by atoms with Crippen molar-refractivity contribution in [2.24, 2.45) is 0 Å². The Morgan fingerprint density at radius 2 is 1.72 bits per heavy atom. The molecular weight excluding hydrogens is 558 g/mol. The summed E-state index contributed by atoms with van der Waals surface area (Å²) in [6.45, 7) is 8.13. The SMILES string of the molecule is CCN(CC)CCCOc1ccc(-c2cn(C3=CCC(Oc4ccc(F)c(C(F)(F)F)c4)C=C3)c(C3CCCC3)n2)cc1. The lowest BCUT2D eigenvalue weighted by molar-refractivity contribution is -0.140. The lowest BCUT2D eigenvalue weighted by Crippen LogP contribution is -2.25. The molecule has 0 saturated heterocycles. The number of imidazole rings is 1. The van der Waals surface area contributed by atoms with Gasteiger partial charge in [0.2, 0.25) is 0 Å². The van der Waals surface area contributed by atoms with Gasteiger partial charge in [0.25, 0.3) is 0 Å². The van der Waals surface area contributed by atoms with Gasteiger partial charge in [0.1, 0.15) is 29.2 Å². The van der Waals surface area contributed by atoms with Gasteiger partial charge in [-0.15, -0.1) is 0 Å². The van der Waals surface area contributed by atoms with Crippen LogP contribution in [0, 0.1) is 5.82 Å². The van der Waals surface area contributed by atoms with Crippen LogP contribution in [0.4, 0.5) is 17.6 Å². The maximum Gasteiger partial charge on any atom is 0.419 e. The van der Waals surface area contributed by atoms with Crippen LogP contribution in [-0.4, -0.2) is 46.8 Å². The van der Waals surface area contributed by atoms with Crippen molar-refractivity contribution in [1.29, 1.82) is 0 Å². The summed E-state index contributed by atoms with van der Waals surface area (Å²) in [4.78, 5) is 7.46. The summed E-state index contributed by atoms with van der Waals surface area (Å²) in [5.74, 6) is 0.891. The number of hydrogen-bond acceptors (Lipinski definition) is 4. The molecule has 0 spiro atoms. The number of alkyl halides is 3. The van der Waals surface area contributed by atoms with Crippen LogP contribution in [0.1, 0.15) is 69.7 Å². The molecule has 1 heterocycles. The van der Waals surface area contributed by atoms with E-state index in [0.717, 1.165) is 73.5 Å². The van der Waals surface area contributed by atoms with Gasteiger partial charge < -0.3 is 18.9 Å². The van der Waals surface area contributed by atoms with Crippen molar-refractivity contribution in [3.05, 3.63) is 84.1 Å². The Balaban J connectivity index is 1.27. The molecule has 2 aromatic carbocycles. The minimum atomic E-state index is -4.78. The van der Waals surface area contributed by atoms with Gasteiger partial charge in [0.05, 0.1) is 17.9 Å². The highest BCUT2D eigenvalue weighted by Crippen LogP contribution is 2.38. The van der Waals surface area contributed by atoms with Gasteiger partial charge in [-0.05, 0) is 87.0 Å². The average Bonchev–Trinajstić information content (AvgIpc) is 3.69. The second kappa shape index (κ2) is 13.8. The van der Waals surface area contributed by atoms with Gasteiger partial charge in [-0.3, -0.25) is 0 Å². The van der Waals surface area contributed by atoms with E-state index < -0.39 is 23.7 Å². The van der Waals surface area contributed by atoms with E-state index in [9.17, 15) is 17.6 Å². The highest BCUT2D eigenvalue weighted by Gasteiger charge is 2.34. The first kappa shape index (κ1) is 30.9. The standard InChI is InChI=1S/C34H39F4N3O2/c1-3-40(4-2)20-7-21-42-27-14-10-24(11-15-27)32-23-41(33(39-32)25-8-5-6-9-25)26-12-16-28(17-13-26)43-29-18-19-31(35)30(22-29)34(36,37)38/h10-16,18-19,22-23,25,28H,3-9,17,20-21H2,1-2H3. The fourth-order valence-electron chi connectivity index (χ4n) is 5.78. The molecule has 1 aromatic heterocycles. The number of aromatic nitrogens is 2. The summed E-state index contributed by atoms with van der Waals surface area (Å²) in [6.07, 6.45) is 8.53. The third-order valence-corrected chi connectivity index (χ3v) is 8.24. The van der Waals surface area contributed by atoms with Crippen molar-refractivity contribution in [2.75, 3.05) is 26.2 Å². The van der Waals surface area contributed by atoms with Crippen LogP contribution in [0.2, 0.25) is 0 Å².